The lowest BCUT2D eigenvalue weighted by molar-refractivity contribution is -0.562. The molecule has 3 fully saturated rings. The van der Waals surface area contributed by atoms with Crippen LogP contribution in [0.2, 0.25) is 0 Å². The summed E-state index contributed by atoms with van der Waals surface area (Å²) >= 11 is 1.16. The molecule has 0 amide bonds. The number of hydroxylamine groups is 1. The Hall–Kier alpha value is -1.63. The normalized spacial score (nSPS) is 34.8. The predicted molar refractivity (Wildman–Crippen MR) is 104 cm³/mol. The van der Waals surface area contributed by atoms with E-state index in [1.165, 1.54) is 6.21 Å². The van der Waals surface area contributed by atoms with Gasteiger partial charge >= 0.3 is 5.97 Å². The zero-order chi connectivity index (χ0) is 21.7. The molecule has 0 aliphatic carbocycles. The van der Waals surface area contributed by atoms with Crippen LogP contribution in [0.5, 0.6) is 0 Å². The number of rotatable bonds is 5. The number of esters is 1. The van der Waals surface area contributed by atoms with E-state index in [2.05, 4.69) is 4.98 Å². The van der Waals surface area contributed by atoms with Gasteiger partial charge in [-0.3, -0.25) is 0 Å². The minimum atomic E-state index is -0.955. The summed E-state index contributed by atoms with van der Waals surface area (Å²) in [5.41, 5.74) is 0.157. The van der Waals surface area contributed by atoms with Gasteiger partial charge in [-0.05, 0) is 34.6 Å². The van der Waals surface area contributed by atoms with Crippen molar-refractivity contribution in [1.29, 1.82) is 0 Å². The fourth-order valence-corrected chi connectivity index (χ4v) is 4.51. The molecule has 166 valence electrons. The summed E-state index contributed by atoms with van der Waals surface area (Å²) in [4.78, 5) is 15.9. The lowest BCUT2D eigenvalue weighted by atomic mass is 10.1. The smallest absolute Gasteiger partial charge is 0.357 e. The van der Waals surface area contributed by atoms with Crippen molar-refractivity contribution in [1.82, 2.24) is 4.98 Å². The van der Waals surface area contributed by atoms with Crippen molar-refractivity contribution < 1.29 is 38.0 Å². The van der Waals surface area contributed by atoms with E-state index in [0.717, 1.165) is 11.3 Å². The van der Waals surface area contributed by atoms with Crippen molar-refractivity contribution in [2.45, 2.75) is 76.8 Å². The molecule has 3 aliphatic heterocycles. The Kier molecular flexibility index (Phi) is 5.62. The van der Waals surface area contributed by atoms with Crippen molar-refractivity contribution in [3.8, 4) is 0 Å². The number of ether oxygens (including phenoxy) is 6. The van der Waals surface area contributed by atoms with Gasteiger partial charge in [-0.1, -0.05) is 0 Å². The molecule has 10 nitrogen and oxygen atoms in total. The molecule has 0 aromatic carbocycles. The van der Waals surface area contributed by atoms with Crippen LogP contribution in [0.4, 0.5) is 0 Å². The topological polar surface area (TPSA) is 111 Å². The van der Waals surface area contributed by atoms with Gasteiger partial charge in [-0.2, -0.15) is 4.74 Å². The Morgan fingerprint density at radius 1 is 1.27 bits per heavy atom. The second kappa shape index (κ2) is 7.81. The first-order valence-electron chi connectivity index (χ1n) is 9.84. The third-order valence-electron chi connectivity index (χ3n) is 4.96. The summed E-state index contributed by atoms with van der Waals surface area (Å²) in [6, 6.07) is 0. The monoisotopic (exact) mass is 442 g/mol. The molecule has 0 radical (unpaired) electrons. The van der Waals surface area contributed by atoms with Crippen molar-refractivity contribution in [2.24, 2.45) is 0 Å². The molecule has 30 heavy (non-hydrogen) atoms. The number of aromatic nitrogens is 1. The SMILES string of the molecule is CCOC(=O)c1csc(/C=[N+](\[O-])[C@H]2O[C@H]([C@H]3COC(C)(C)O3)[C@@H]3OC(C)(C)O[C@@H]32)n1. The zero-order valence-electron chi connectivity index (χ0n) is 17.5. The van der Waals surface area contributed by atoms with E-state index in [0.29, 0.717) is 16.4 Å². The van der Waals surface area contributed by atoms with Crippen LogP contribution in [0.15, 0.2) is 5.38 Å². The van der Waals surface area contributed by atoms with Crippen LogP contribution in [-0.2, 0) is 28.4 Å². The molecule has 4 rings (SSSR count). The van der Waals surface area contributed by atoms with Crippen LogP contribution in [0.1, 0.15) is 50.1 Å². The molecule has 0 N–H and O–H groups in total. The maximum Gasteiger partial charge on any atom is 0.357 e. The number of hydrogen-bond donors (Lipinski definition) is 0. The predicted octanol–water partition coefficient (Wildman–Crippen LogP) is 1.65. The third kappa shape index (κ3) is 4.23. The molecule has 1 aromatic heterocycles. The van der Waals surface area contributed by atoms with E-state index in [4.69, 9.17) is 28.4 Å². The summed E-state index contributed by atoms with van der Waals surface area (Å²) in [7, 11) is 0. The molecule has 3 saturated heterocycles. The first-order valence-corrected chi connectivity index (χ1v) is 10.7. The quantitative estimate of drug-likeness (QED) is 0.221. The van der Waals surface area contributed by atoms with E-state index in [1.807, 2.05) is 13.8 Å². The Labute approximate surface area is 178 Å². The number of carbonyl (C=O) groups is 1. The molecule has 4 heterocycles. The lowest BCUT2D eigenvalue weighted by Gasteiger charge is -2.26. The molecule has 0 bridgehead atoms. The van der Waals surface area contributed by atoms with E-state index < -0.39 is 48.2 Å². The van der Waals surface area contributed by atoms with Gasteiger partial charge in [0.25, 0.3) is 6.23 Å². The van der Waals surface area contributed by atoms with Crippen LogP contribution in [0, 0.1) is 5.21 Å². The highest BCUT2D eigenvalue weighted by Crippen LogP contribution is 2.42. The highest BCUT2D eigenvalue weighted by atomic mass is 32.1. The van der Waals surface area contributed by atoms with Gasteiger partial charge in [0.1, 0.15) is 18.3 Å². The number of thiazole rings is 1. The third-order valence-corrected chi connectivity index (χ3v) is 5.74. The van der Waals surface area contributed by atoms with E-state index in [9.17, 15) is 10.0 Å². The second-order valence-corrected chi connectivity index (χ2v) is 9.09. The summed E-state index contributed by atoms with van der Waals surface area (Å²) in [6.07, 6.45) is -1.69. The molecule has 0 spiro atoms. The summed E-state index contributed by atoms with van der Waals surface area (Å²) in [6.45, 7) is 9.53. The Morgan fingerprint density at radius 3 is 2.67 bits per heavy atom. The summed E-state index contributed by atoms with van der Waals surface area (Å²) < 4.78 is 35.2. The number of carbonyl (C=O) groups excluding carboxylic acids is 1. The van der Waals surface area contributed by atoms with Crippen molar-refractivity contribution in [3.05, 3.63) is 21.3 Å². The maximum atomic E-state index is 12.9. The maximum absolute atomic E-state index is 12.9. The van der Waals surface area contributed by atoms with Crippen LogP contribution < -0.4 is 0 Å². The van der Waals surface area contributed by atoms with E-state index in [1.54, 1.807) is 26.2 Å². The Balaban J connectivity index is 1.54. The number of hydrogen-bond acceptors (Lipinski definition) is 10. The van der Waals surface area contributed by atoms with Crippen LogP contribution >= 0.6 is 11.3 Å². The van der Waals surface area contributed by atoms with E-state index in [-0.39, 0.29) is 12.3 Å². The highest BCUT2D eigenvalue weighted by molar-refractivity contribution is 7.11. The lowest BCUT2D eigenvalue weighted by Crippen LogP contribution is -2.40. The van der Waals surface area contributed by atoms with Gasteiger partial charge in [0.05, 0.1) is 13.2 Å². The molecule has 5 atom stereocenters. The van der Waals surface area contributed by atoms with Gasteiger partial charge in [-0.15, -0.1) is 11.3 Å². The van der Waals surface area contributed by atoms with Crippen molar-refractivity contribution >= 4 is 23.5 Å². The fourth-order valence-electron chi connectivity index (χ4n) is 3.82. The average molecular weight is 442 g/mol. The van der Waals surface area contributed by atoms with Gasteiger partial charge in [0.2, 0.25) is 6.21 Å². The molecule has 3 aliphatic rings. The molecular weight excluding hydrogens is 416 g/mol. The summed E-state index contributed by atoms with van der Waals surface area (Å²) in [5, 5.41) is 14.8. The fraction of sp³-hybridized carbons (Fsp3) is 0.737. The second-order valence-electron chi connectivity index (χ2n) is 8.20. The molecule has 11 heteroatoms. The van der Waals surface area contributed by atoms with Gasteiger partial charge in [0, 0.05) is 5.38 Å². The molecule has 0 saturated carbocycles. The standard InChI is InChI=1S/C19H26N2O8S/c1-6-24-17(22)10-9-30-12(20-10)7-21(23)16-15-14(28-19(4,5)29-15)13(26-16)11-8-25-18(2,3)27-11/h7,9,11,13-16H,6,8H2,1-5H3/b21-7-/t11-,13-,14+,15+,16+/m1/s1. The Bertz CT molecular complexity index is 838. The van der Waals surface area contributed by atoms with Crippen molar-refractivity contribution in [2.75, 3.05) is 13.2 Å². The molecular formula is C19H26N2O8S. The van der Waals surface area contributed by atoms with Crippen molar-refractivity contribution in [3.63, 3.8) is 0 Å². The van der Waals surface area contributed by atoms with Gasteiger partial charge in [-0.25, -0.2) is 9.78 Å². The minimum Gasteiger partial charge on any atom is -0.622 e. The first-order chi connectivity index (χ1) is 14.1. The van der Waals surface area contributed by atoms with Gasteiger partial charge in [0.15, 0.2) is 28.4 Å². The van der Waals surface area contributed by atoms with E-state index >= 15 is 0 Å². The first kappa shape index (κ1) is 21.6. The zero-order valence-corrected chi connectivity index (χ0v) is 18.3. The largest absolute Gasteiger partial charge is 0.622 e. The number of fused-ring (bicyclic) bond motifs is 1. The van der Waals surface area contributed by atoms with Crippen LogP contribution in [-0.4, -0.2) is 77.3 Å². The minimum absolute atomic E-state index is 0.157. The van der Waals surface area contributed by atoms with Gasteiger partial charge < -0.3 is 33.6 Å². The molecule has 1 aromatic rings. The average Bonchev–Trinajstić information content (AvgIpc) is 3.38. The Morgan fingerprint density at radius 2 is 2.00 bits per heavy atom. The molecule has 0 unspecified atom stereocenters. The number of nitrogens with zero attached hydrogens (tertiary/aromatic N) is 2. The summed E-state index contributed by atoms with van der Waals surface area (Å²) in [5.74, 6) is -2.12. The highest BCUT2D eigenvalue weighted by Gasteiger charge is 2.62. The van der Waals surface area contributed by atoms with Crippen LogP contribution in [0.3, 0.4) is 0 Å². The van der Waals surface area contributed by atoms with Crippen LogP contribution in [0.25, 0.3) is 0 Å².